The summed E-state index contributed by atoms with van der Waals surface area (Å²) < 4.78 is 0. The maximum Gasteiger partial charge on any atom is 0.0728 e. The van der Waals surface area contributed by atoms with Crippen molar-refractivity contribution in [3.63, 3.8) is 0 Å². The molecule has 1 heterocycles. The van der Waals surface area contributed by atoms with Crippen LogP contribution in [0.5, 0.6) is 0 Å². The number of hydrogen-bond donors (Lipinski definition) is 1. The van der Waals surface area contributed by atoms with Crippen LogP contribution in [0.2, 0.25) is 0 Å². The first kappa shape index (κ1) is 11.6. The van der Waals surface area contributed by atoms with Crippen molar-refractivity contribution in [2.45, 2.75) is 51.6 Å². The summed E-state index contributed by atoms with van der Waals surface area (Å²) in [4.78, 5) is 4.46. The van der Waals surface area contributed by atoms with Gasteiger partial charge in [0.25, 0.3) is 0 Å². The van der Waals surface area contributed by atoms with E-state index in [1.165, 1.54) is 5.56 Å². The van der Waals surface area contributed by atoms with Crippen LogP contribution in [-0.2, 0) is 6.42 Å². The highest BCUT2D eigenvalue weighted by Crippen LogP contribution is 2.43. The van der Waals surface area contributed by atoms with E-state index >= 15 is 0 Å². The van der Waals surface area contributed by atoms with Gasteiger partial charge in [0.05, 0.1) is 5.60 Å². The minimum absolute atomic E-state index is 0.207. The summed E-state index contributed by atoms with van der Waals surface area (Å²) in [5, 5.41) is 10.7. The van der Waals surface area contributed by atoms with Crippen LogP contribution in [0.3, 0.4) is 0 Å². The van der Waals surface area contributed by atoms with Gasteiger partial charge >= 0.3 is 0 Å². The van der Waals surface area contributed by atoms with E-state index in [-0.39, 0.29) is 5.92 Å². The summed E-state index contributed by atoms with van der Waals surface area (Å²) in [7, 11) is 0. The second-order valence-corrected chi connectivity index (χ2v) is 5.17. The quantitative estimate of drug-likeness (QED) is 0.848. The average Bonchev–Trinajstić information content (AvgIpc) is 2.72. The zero-order valence-electron chi connectivity index (χ0n) is 10.4. The molecule has 3 atom stereocenters. The fourth-order valence-electron chi connectivity index (χ4n) is 2.74. The first-order chi connectivity index (χ1) is 7.57. The van der Waals surface area contributed by atoms with Gasteiger partial charge in [0.15, 0.2) is 0 Å². The molecule has 0 aliphatic heterocycles. The van der Waals surface area contributed by atoms with E-state index in [1.54, 1.807) is 0 Å². The molecule has 1 aliphatic carbocycles. The third-order valence-corrected chi connectivity index (χ3v) is 4.27. The predicted octanol–water partition coefficient (Wildman–Crippen LogP) is 2.91. The lowest BCUT2D eigenvalue weighted by Crippen LogP contribution is -2.38. The van der Waals surface area contributed by atoms with E-state index in [1.807, 2.05) is 19.2 Å². The molecule has 1 aromatic rings. The topological polar surface area (TPSA) is 33.1 Å². The molecule has 1 aliphatic rings. The summed E-state index contributed by atoms with van der Waals surface area (Å²) >= 11 is 0. The van der Waals surface area contributed by atoms with Crippen molar-refractivity contribution >= 4 is 0 Å². The molecule has 0 bridgehead atoms. The van der Waals surface area contributed by atoms with Crippen LogP contribution >= 0.6 is 0 Å². The van der Waals surface area contributed by atoms with Gasteiger partial charge in [-0.05, 0) is 37.3 Å². The number of rotatable bonds is 3. The number of aromatic nitrogens is 1. The minimum Gasteiger partial charge on any atom is -0.389 e. The number of nitrogens with zero attached hydrogens (tertiary/aromatic N) is 1. The van der Waals surface area contributed by atoms with Gasteiger partial charge in [-0.25, -0.2) is 0 Å². The maximum atomic E-state index is 10.7. The molecule has 1 N–H and O–H groups in total. The van der Waals surface area contributed by atoms with Crippen molar-refractivity contribution in [3.8, 4) is 0 Å². The Labute approximate surface area is 97.7 Å². The van der Waals surface area contributed by atoms with Crippen molar-refractivity contribution in [1.29, 1.82) is 0 Å². The van der Waals surface area contributed by atoms with Crippen LogP contribution < -0.4 is 0 Å². The Morgan fingerprint density at radius 1 is 1.62 bits per heavy atom. The summed E-state index contributed by atoms with van der Waals surface area (Å²) in [5.74, 6) is 0.518. The van der Waals surface area contributed by atoms with E-state index in [0.29, 0.717) is 5.92 Å². The smallest absolute Gasteiger partial charge is 0.0728 e. The molecule has 2 nitrogen and oxygen atoms in total. The molecule has 0 spiro atoms. The molecule has 0 saturated carbocycles. The van der Waals surface area contributed by atoms with Gasteiger partial charge in [-0.15, -0.1) is 0 Å². The molecule has 0 fully saturated rings. The highest BCUT2D eigenvalue weighted by molar-refractivity contribution is 5.31. The lowest BCUT2D eigenvalue weighted by molar-refractivity contribution is -0.0219. The van der Waals surface area contributed by atoms with Gasteiger partial charge in [0, 0.05) is 17.8 Å². The number of pyridine rings is 1. The van der Waals surface area contributed by atoms with Gasteiger partial charge in [-0.1, -0.05) is 26.3 Å². The van der Waals surface area contributed by atoms with Gasteiger partial charge in [-0.3, -0.25) is 4.98 Å². The predicted molar refractivity (Wildman–Crippen MR) is 65.4 cm³/mol. The lowest BCUT2D eigenvalue weighted by atomic mass is 9.76. The number of fused-ring (bicyclic) bond motifs is 1. The average molecular weight is 219 g/mol. The van der Waals surface area contributed by atoms with Gasteiger partial charge in [-0.2, -0.15) is 0 Å². The molecule has 2 rings (SSSR count). The molecule has 0 radical (unpaired) electrons. The molecule has 3 unspecified atom stereocenters. The fourth-order valence-corrected chi connectivity index (χ4v) is 2.74. The highest BCUT2D eigenvalue weighted by Gasteiger charge is 2.41. The van der Waals surface area contributed by atoms with E-state index in [9.17, 15) is 5.11 Å². The molecule has 16 heavy (non-hydrogen) atoms. The monoisotopic (exact) mass is 219 g/mol. The van der Waals surface area contributed by atoms with Crippen LogP contribution in [0.25, 0.3) is 0 Å². The van der Waals surface area contributed by atoms with E-state index < -0.39 is 5.60 Å². The van der Waals surface area contributed by atoms with Crippen molar-refractivity contribution in [2.24, 2.45) is 5.92 Å². The number of aryl methyl sites for hydroxylation is 1. The zero-order valence-corrected chi connectivity index (χ0v) is 10.4. The van der Waals surface area contributed by atoms with Crippen molar-refractivity contribution in [2.75, 3.05) is 0 Å². The normalized spacial score (nSPS) is 24.9. The summed E-state index contributed by atoms with van der Waals surface area (Å²) in [5.41, 5.74) is 1.80. The molecular weight excluding hydrogens is 198 g/mol. The van der Waals surface area contributed by atoms with Crippen molar-refractivity contribution < 1.29 is 5.11 Å². The van der Waals surface area contributed by atoms with E-state index in [2.05, 4.69) is 24.9 Å². The molecular formula is C14H21NO. The molecule has 2 heteroatoms. The van der Waals surface area contributed by atoms with Crippen molar-refractivity contribution in [1.82, 2.24) is 4.98 Å². The Bertz CT molecular complexity index is 373. The maximum absolute atomic E-state index is 10.7. The first-order valence-electron chi connectivity index (χ1n) is 6.23. The fraction of sp³-hybridized carbons (Fsp3) is 0.643. The molecule has 0 aromatic carbocycles. The van der Waals surface area contributed by atoms with Crippen LogP contribution in [-0.4, -0.2) is 15.7 Å². The molecule has 1 aromatic heterocycles. The Morgan fingerprint density at radius 2 is 2.38 bits per heavy atom. The summed E-state index contributed by atoms with van der Waals surface area (Å²) in [6, 6.07) is 4.12. The SMILES string of the molecule is CCC(C)C(C)(O)C1CCc2cccnc21. The van der Waals surface area contributed by atoms with Crippen LogP contribution in [0, 0.1) is 5.92 Å². The summed E-state index contributed by atoms with van der Waals surface area (Å²) in [6.45, 7) is 6.23. The van der Waals surface area contributed by atoms with Gasteiger partial charge in [0.2, 0.25) is 0 Å². The Kier molecular flexibility index (Phi) is 3.02. The second kappa shape index (κ2) is 4.17. The van der Waals surface area contributed by atoms with Crippen LogP contribution in [0.1, 0.15) is 50.8 Å². The Balaban J connectivity index is 2.31. The minimum atomic E-state index is -0.631. The number of hydrogen-bond acceptors (Lipinski definition) is 2. The Morgan fingerprint density at radius 3 is 3.06 bits per heavy atom. The zero-order chi connectivity index (χ0) is 11.8. The largest absolute Gasteiger partial charge is 0.389 e. The second-order valence-electron chi connectivity index (χ2n) is 5.17. The third-order valence-electron chi connectivity index (χ3n) is 4.27. The molecule has 88 valence electrons. The van der Waals surface area contributed by atoms with Crippen molar-refractivity contribution in [3.05, 3.63) is 29.6 Å². The number of aliphatic hydroxyl groups is 1. The highest BCUT2D eigenvalue weighted by atomic mass is 16.3. The molecule has 0 saturated heterocycles. The van der Waals surface area contributed by atoms with E-state index in [0.717, 1.165) is 25.0 Å². The Hall–Kier alpha value is -0.890. The third kappa shape index (κ3) is 1.75. The summed E-state index contributed by atoms with van der Waals surface area (Å²) in [6.07, 6.45) is 4.93. The standard InChI is InChI=1S/C14H21NO/c1-4-10(2)14(3,16)12-8-7-11-6-5-9-15-13(11)12/h5-6,9-10,12,16H,4,7-8H2,1-3H3. The van der Waals surface area contributed by atoms with Crippen LogP contribution in [0.4, 0.5) is 0 Å². The first-order valence-corrected chi connectivity index (χ1v) is 6.23. The lowest BCUT2D eigenvalue weighted by Gasteiger charge is -2.35. The van der Waals surface area contributed by atoms with Gasteiger partial charge in [0.1, 0.15) is 0 Å². The van der Waals surface area contributed by atoms with E-state index in [4.69, 9.17) is 0 Å². The van der Waals surface area contributed by atoms with Crippen LogP contribution in [0.15, 0.2) is 18.3 Å². The molecule has 0 amide bonds. The van der Waals surface area contributed by atoms with Gasteiger partial charge < -0.3 is 5.11 Å².